The van der Waals surface area contributed by atoms with Crippen LogP contribution in [-0.4, -0.2) is 24.0 Å². The number of hydrogen-bond donors (Lipinski definition) is 1. The van der Waals surface area contributed by atoms with Gasteiger partial charge in [0.05, 0.1) is 6.04 Å². The van der Waals surface area contributed by atoms with Crippen LogP contribution in [-0.2, 0) is 0 Å². The quantitative estimate of drug-likeness (QED) is 0.842. The summed E-state index contributed by atoms with van der Waals surface area (Å²) >= 11 is 0. The fourth-order valence-electron chi connectivity index (χ4n) is 1.89. The van der Waals surface area contributed by atoms with E-state index in [1.165, 1.54) is 0 Å². The Hall–Kier alpha value is -1.45. The molecule has 0 saturated heterocycles. The first-order valence-corrected chi connectivity index (χ1v) is 6.70. The van der Waals surface area contributed by atoms with Crippen molar-refractivity contribution in [2.24, 2.45) is 0 Å². The van der Waals surface area contributed by atoms with Gasteiger partial charge in [-0.15, -0.1) is 0 Å². The number of carbonyl (C=O) groups excluding carboxylic acids is 1. The van der Waals surface area contributed by atoms with E-state index in [0.717, 1.165) is 37.5 Å². The van der Waals surface area contributed by atoms with Crippen molar-refractivity contribution in [3.05, 3.63) is 23.7 Å². The van der Waals surface area contributed by atoms with Gasteiger partial charge in [0, 0.05) is 13.1 Å². The largest absolute Gasteiger partial charge is 0.464 e. The summed E-state index contributed by atoms with van der Waals surface area (Å²) in [7, 11) is 0. The number of furan rings is 1. The van der Waals surface area contributed by atoms with Gasteiger partial charge >= 0.3 is 6.03 Å². The number of carbonyl (C=O) groups is 1. The molecule has 0 radical (unpaired) electrons. The fraction of sp³-hybridized carbons (Fsp3) is 0.643. The molecular weight excluding hydrogens is 228 g/mol. The molecule has 0 saturated carbocycles. The molecule has 1 aromatic heterocycles. The summed E-state index contributed by atoms with van der Waals surface area (Å²) in [4.78, 5) is 13.9. The standard InChI is InChI=1S/C14H24N2O2/c1-5-9-16(10-6-2)14(17)15-12(4)13-8-7-11(3)18-13/h7-8,12H,5-6,9-10H2,1-4H3,(H,15,17). The van der Waals surface area contributed by atoms with Crippen molar-refractivity contribution in [2.45, 2.75) is 46.6 Å². The average molecular weight is 252 g/mol. The normalized spacial score (nSPS) is 12.2. The third-order valence-electron chi connectivity index (χ3n) is 2.80. The highest BCUT2D eigenvalue weighted by Crippen LogP contribution is 2.15. The monoisotopic (exact) mass is 252 g/mol. The second-order valence-corrected chi connectivity index (χ2v) is 4.61. The minimum Gasteiger partial charge on any atom is -0.464 e. The van der Waals surface area contributed by atoms with E-state index in [2.05, 4.69) is 19.2 Å². The molecule has 1 unspecified atom stereocenters. The maximum Gasteiger partial charge on any atom is 0.317 e. The molecule has 4 nitrogen and oxygen atoms in total. The van der Waals surface area contributed by atoms with Crippen LogP contribution in [0.15, 0.2) is 16.5 Å². The lowest BCUT2D eigenvalue weighted by Gasteiger charge is -2.23. The molecule has 0 bridgehead atoms. The van der Waals surface area contributed by atoms with Crippen molar-refractivity contribution < 1.29 is 9.21 Å². The lowest BCUT2D eigenvalue weighted by molar-refractivity contribution is 0.193. The Balaban J connectivity index is 2.56. The molecule has 0 spiro atoms. The van der Waals surface area contributed by atoms with Gasteiger partial charge in [-0.2, -0.15) is 0 Å². The van der Waals surface area contributed by atoms with Gasteiger partial charge in [-0.3, -0.25) is 0 Å². The van der Waals surface area contributed by atoms with Gasteiger partial charge in [-0.1, -0.05) is 13.8 Å². The summed E-state index contributed by atoms with van der Waals surface area (Å²) in [5.41, 5.74) is 0. The third kappa shape index (κ3) is 4.09. The first-order chi connectivity index (χ1) is 8.58. The summed E-state index contributed by atoms with van der Waals surface area (Å²) in [6.07, 6.45) is 1.95. The Morgan fingerprint density at radius 1 is 1.33 bits per heavy atom. The molecule has 4 heteroatoms. The van der Waals surface area contributed by atoms with Crippen LogP contribution in [0.1, 0.15) is 51.2 Å². The van der Waals surface area contributed by atoms with Crippen LogP contribution in [0.3, 0.4) is 0 Å². The summed E-state index contributed by atoms with van der Waals surface area (Å²) in [6, 6.07) is 3.71. The number of hydrogen-bond acceptors (Lipinski definition) is 2. The molecule has 0 aromatic carbocycles. The maximum absolute atomic E-state index is 12.1. The highest BCUT2D eigenvalue weighted by molar-refractivity contribution is 5.74. The Morgan fingerprint density at radius 2 is 1.94 bits per heavy atom. The van der Waals surface area contributed by atoms with Crippen molar-refractivity contribution in [1.29, 1.82) is 0 Å². The molecule has 1 atom stereocenters. The molecule has 0 aliphatic heterocycles. The SMILES string of the molecule is CCCN(CCC)C(=O)NC(C)c1ccc(C)o1. The van der Waals surface area contributed by atoms with Crippen molar-refractivity contribution >= 4 is 6.03 Å². The predicted octanol–water partition coefficient (Wildman–Crippen LogP) is 3.48. The number of nitrogens with zero attached hydrogens (tertiary/aromatic N) is 1. The molecule has 1 heterocycles. The van der Waals surface area contributed by atoms with Gasteiger partial charge in [-0.25, -0.2) is 4.79 Å². The molecule has 18 heavy (non-hydrogen) atoms. The van der Waals surface area contributed by atoms with Gasteiger partial charge in [0.25, 0.3) is 0 Å². The Kier molecular flexibility index (Phi) is 5.75. The van der Waals surface area contributed by atoms with Gasteiger partial charge in [-0.05, 0) is 38.8 Å². The second-order valence-electron chi connectivity index (χ2n) is 4.61. The van der Waals surface area contributed by atoms with E-state index in [-0.39, 0.29) is 12.1 Å². The van der Waals surface area contributed by atoms with Gasteiger partial charge < -0.3 is 14.6 Å². The number of aryl methyl sites for hydroxylation is 1. The topological polar surface area (TPSA) is 45.5 Å². The highest BCUT2D eigenvalue weighted by atomic mass is 16.3. The minimum atomic E-state index is -0.0950. The Morgan fingerprint density at radius 3 is 2.39 bits per heavy atom. The van der Waals surface area contributed by atoms with Crippen molar-refractivity contribution in [2.75, 3.05) is 13.1 Å². The lowest BCUT2D eigenvalue weighted by atomic mass is 10.2. The van der Waals surface area contributed by atoms with Crippen LogP contribution in [0.2, 0.25) is 0 Å². The zero-order valence-corrected chi connectivity index (χ0v) is 11.8. The third-order valence-corrected chi connectivity index (χ3v) is 2.80. The Labute approximate surface area is 109 Å². The van der Waals surface area contributed by atoms with Crippen LogP contribution in [0, 0.1) is 6.92 Å². The smallest absolute Gasteiger partial charge is 0.317 e. The van der Waals surface area contributed by atoms with Gasteiger partial charge in [0.1, 0.15) is 11.5 Å². The van der Waals surface area contributed by atoms with Gasteiger partial charge in [0.2, 0.25) is 0 Å². The summed E-state index contributed by atoms with van der Waals surface area (Å²) < 4.78 is 5.51. The molecule has 0 fully saturated rings. The molecule has 1 rings (SSSR count). The summed E-state index contributed by atoms with van der Waals surface area (Å²) in [5, 5.41) is 2.97. The van der Waals surface area contributed by atoms with Crippen LogP contribution in [0.4, 0.5) is 4.79 Å². The zero-order valence-electron chi connectivity index (χ0n) is 11.8. The van der Waals surface area contributed by atoms with Crippen LogP contribution < -0.4 is 5.32 Å². The summed E-state index contributed by atoms with van der Waals surface area (Å²) in [6.45, 7) is 9.59. The fourth-order valence-corrected chi connectivity index (χ4v) is 1.89. The Bertz CT molecular complexity index is 368. The molecule has 1 aromatic rings. The number of nitrogens with one attached hydrogen (secondary N) is 1. The van der Waals surface area contributed by atoms with E-state index < -0.39 is 0 Å². The first kappa shape index (κ1) is 14.6. The minimum absolute atomic E-state index is 0.0137. The van der Waals surface area contributed by atoms with E-state index in [9.17, 15) is 4.79 Å². The second kappa shape index (κ2) is 7.09. The molecule has 102 valence electrons. The number of rotatable bonds is 6. The van der Waals surface area contributed by atoms with E-state index in [1.54, 1.807) is 0 Å². The number of urea groups is 1. The van der Waals surface area contributed by atoms with Crippen molar-refractivity contribution in [3.8, 4) is 0 Å². The van der Waals surface area contributed by atoms with E-state index in [4.69, 9.17) is 4.42 Å². The molecule has 2 amide bonds. The van der Waals surface area contributed by atoms with Crippen molar-refractivity contribution in [1.82, 2.24) is 10.2 Å². The molecular formula is C14H24N2O2. The highest BCUT2D eigenvalue weighted by Gasteiger charge is 2.16. The molecule has 0 aliphatic rings. The van der Waals surface area contributed by atoms with Crippen molar-refractivity contribution in [3.63, 3.8) is 0 Å². The van der Waals surface area contributed by atoms with Crippen LogP contribution in [0.25, 0.3) is 0 Å². The molecule has 1 N–H and O–H groups in total. The van der Waals surface area contributed by atoms with Crippen LogP contribution >= 0.6 is 0 Å². The summed E-state index contributed by atoms with van der Waals surface area (Å²) in [5.74, 6) is 1.67. The first-order valence-electron chi connectivity index (χ1n) is 6.70. The van der Waals surface area contributed by atoms with Crippen LogP contribution in [0.5, 0.6) is 0 Å². The predicted molar refractivity (Wildman–Crippen MR) is 72.5 cm³/mol. The van der Waals surface area contributed by atoms with E-state index in [0.29, 0.717) is 0 Å². The molecule has 0 aliphatic carbocycles. The van der Waals surface area contributed by atoms with E-state index >= 15 is 0 Å². The van der Waals surface area contributed by atoms with Gasteiger partial charge in [0.15, 0.2) is 0 Å². The average Bonchev–Trinajstić information content (AvgIpc) is 2.75. The maximum atomic E-state index is 12.1. The number of amides is 2. The lowest BCUT2D eigenvalue weighted by Crippen LogP contribution is -2.41. The van der Waals surface area contributed by atoms with E-state index in [1.807, 2.05) is 30.9 Å². The zero-order chi connectivity index (χ0) is 13.5.